The van der Waals surface area contributed by atoms with E-state index in [0.717, 1.165) is 9.58 Å². The Bertz CT molecular complexity index is 1440. The second-order valence-corrected chi connectivity index (χ2v) is 8.63. The first-order valence-electron chi connectivity index (χ1n) is 11.1. The van der Waals surface area contributed by atoms with Crippen molar-refractivity contribution in [1.29, 1.82) is 0 Å². The van der Waals surface area contributed by atoms with Crippen molar-refractivity contribution in [2.45, 2.75) is 38.3 Å². The van der Waals surface area contributed by atoms with Gasteiger partial charge in [-0.25, -0.2) is 26.8 Å². The highest BCUT2D eigenvalue weighted by Gasteiger charge is 2.41. The zero-order chi connectivity index (χ0) is 25.6. The first kappa shape index (κ1) is 23.8. The van der Waals surface area contributed by atoms with Gasteiger partial charge < -0.3 is 15.0 Å². The predicted molar refractivity (Wildman–Crippen MR) is 121 cm³/mol. The number of hydrogen-bond donors (Lipinski definition) is 1. The lowest BCUT2D eigenvalue weighted by Crippen LogP contribution is -2.53. The number of fused-ring (bicyclic) bond motifs is 2. The van der Waals surface area contributed by atoms with Crippen LogP contribution >= 0.6 is 0 Å². The predicted octanol–water partition coefficient (Wildman–Crippen LogP) is 3.08. The Morgan fingerprint density at radius 2 is 2.11 bits per heavy atom. The van der Waals surface area contributed by atoms with Crippen LogP contribution in [-0.4, -0.2) is 79.0 Å². The first-order valence-corrected chi connectivity index (χ1v) is 11.1. The van der Waals surface area contributed by atoms with E-state index in [1.54, 1.807) is 30.5 Å². The third kappa shape index (κ3) is 4.50. The summed E-state index contributed by atoms with van der Waals surface area (Å²) < 4.78 is 62.3. The van der Waals surface area contributed by atoms with Gasteiger partial charge in [0.2, 0.25) is 17.7 Å². The number of hydrogen-bond acceptors (Lipinski definition) is 7. The summed E-state index contributed by atoms with van der Waals surface area (Å²) in [6, 6.07) is 6.13. The van der Waals surface area contributed by atoms with Crippen LogP contribution in [0.15, 0.2) is 30.5 Å². The zero-order valence-corrected chi connectivity index (χ0v) is 19.3. The summed E-state index contributed by atoms with van der Waals surface area (Å²) in [6.07, 6.45) is -1.41. The van der Waals surface area contributed by atoms with E-state index in [1.165, 1.54) is 18.5 Å². The molecule has 1 aliphatic heterocycles. The Morgan fingerprint density at radius 3 is 2.83 bits per heavy atom. The molecule has 1 atom stereocenters. The van der Waals surface area contributed by atoms with Crippen molar-refractivity contribution in [3.05, 3.63) is 30.5 Å². The fourth-order valence-electron chi connectivity index (χ4n) is 4.45. The molecule has 0 unspecified atom stereocenters. The quantitative estimate of drug-likeness (QED) is 0.401. The minimum absolute atomic E-state index is 0.0577. The second-order valence-electron chi connectivity index (χ2n) is 8.63. The molecule has 14 heteroatoms. The normalized spacial score (nSPS) is 17.8. The Hall–Kier alpha value is -3.97. The molecular formula is C22H22F4N8O2. The summed E-state index contributed by atoms with van der Waals surface area (Å²) in [5, 5.41) is 15.0. The van der Waals surface area contributed by atoms with Crippen LogP contribution < -0.4 is 10.1 Å². The molecule has 190 valence electrons. The van der Waals surface area contributed by atoms with Crippen LogP contribution in [0.5, 0.6) is 5.88 Å². The number of methoxy groups -OCH3 is 1. The summed E-state index contributed by atoms with van der Waals surface area (Å²) in [6.45, 7) is 0.130. The van der Waals surface area contributed by atoms with Gasteiger partial charge in [-0.2, -0.15) is 4.98 Å². The van der Waals surface area contributed by atoms with Gasteiger partial charge in [0.15, 0.2) is 0 Å². The molecule has 1 amide bonds. The van der Waals surface area contributed by atoms with Crippen LogP contribution in [0.2, 0.25) is 0 Å². The number of benzene rings is 1. The van der Waals surface area contributed by atoms with Crippen LogP contribution in [0.4, 0.5) is 23.5 Å². The van der Waals surface area contributed by atoms with Crippen molar-refractivity contribution in [3.63, 3.8) is 0 Å². The Balaban J connectivity index is 1.49. The van der Waals surface area contributed by atoms with Crippen LogP contribution in [0, 0.1) is 0 Å². The molecule has 0 bridgehead atoms. The summed E-state index contributed by atoms with van der Waals surface area (Å²) >= 11 is 0. The van der Waals surface area contributed by atoms with Crippen molar-refractivity contribution in [2.75, 3.05) is 25.5 Å². The standard InChI is InChI=1S/C22H22F4N8O2/c1-12(35)32-9-14(8-22(25,26)11-32)27-21-28-20(36-2)19-15(5-6-33(19)30-21)13-3-4-16-17(7-13)34(31-29-16)10-18(23)24/h3-7,14,18H,8-11H2,1-2H3,(H,27,30)/t14-/m0/s1. The molecule has 10 nitrogen and oxygen atoms in total. The van der Waals surface area contributed by atoms with Crippen LogP contribution in [-0.2, 0) is 11.3 Å². The van der Waals surface area contributed by atoms with Crippen LogP contribution in [0.25, 0.3) is 27.7 Å². The number of piperidine rings is 1. The molecular weight excluding hydrogens is 484 g/mol. The van der Waals surface area contributed by atoms with Crippen molar-refractivity contribution >= 4 is 28.4 Å². The Kier molecular flexibility index (Phi) is 5.88. The van der Waals surface area contributed by atoms with E-state index in [2.05, 4.69) is 25.7 Å². The maximum absolute atomic E-state index is 14.2. The van der Waals surface area contributed by atoms with Crippen molar-refractivity contribution < 1.29 is 27.1 Å². The number of carbonyl (C=O) groups excluding carboxylic acids is 1. The van der Waals surface area contributed by atoms with Crippen molar-refractivity contribution in [1.82, 2.24) is 34.5 Å². The van der Waals surface area contributed by atoms with E-state index in [-0.39, 0.29) is 18.4 Å². The summed E-state index contributed by atoms with van der Waals surface area (Å²) in [4.78, 5) is 17.1. The molecule has 0 radical (unpaired) electrons. The van der Waals surface area contributed by atoms with E-state index < -0.39 is 43.8 Å². The van der Waals surface area contributed by atoms with Crippen LogP contribution in [0.1, 0.15) is 13.3 Å². The number of amides is 1. The SMILES string of the molecule is COc1nc(N[C@@H]2CN(C(C)=O)CC(F)(F)C2)nn2ccc(-c3ccc4nnn(CC(F)F)c4c3)c12. The molecule has 1 aromatic carbocycles. The van der Waals surface area contributed by atoms with E-state index >= 15 is 0 Å². The monoisotopic (exact) mass is 506 g/mol. The first-order chi connectivity index (χ1) is 17.1. The van der Waals surface area contributed by atoms with Gasteiger partial charge in [0, 0.05) is 31.6 Å². The number of ether oxygens (including phenoxy) is 1. The van der Waals surface area contributed by atoms with Gasteiger partial charge in [-0.15, -0.1) is 10.2 Å². The van der Waals surface area contributed by atoms with Gasteiger partial charge in [0.25, 0.3) is 12.3 Å². The highest BCUT2D eigenvalue weighted by atomic mass is 19.3. The molecule has 36 heavy (non-hydrogen) atoms. The molecule has 1 N–H and O–H groups in total. The Labute approximate surface area is 201 Å². The van der Waals surface area contributed by atoms with E-state index in [9.17, 15) is 22.4 Å². The average molecular weight is 506 g/mol. The molecule has 1 saturated heterocycles. The molecule has 3 aromatic heterocycles. The lowest BCUT2D eigenvalue weighted by atomic mass is 10.0. The van der Waals surface area contributed by atoms with Crippen molar-refractivity contribution in [2.24, 2.45) is 0 Å². The van der Waals surface area contributed by atoms with Gasteiger partial charge in [0.1, 0.15) is 17.6 Å². The van der Waals surface area contributed by atoms with Gasteiger partial charge in [-0.05, 0) is 23.8 Å². The largest absolute Gasteiger partial charge is 0.479 e. The molecule has 4 aromatic rings. The highest BCUT2D eigenvalue weighted by Crippen LogP contribution is 2.34. The lowest BCUT2D eigenvalue weighted by Gasteiger charge is -2.37. The molecule has 0 saturated carbocycles. The van der Waals surface area contributed by atoms with Gasteiger partial charge in [0.05, 0.1) is 25.2 Å². The molecule has 0 spiro atoms. The topological polar surface area (TPSA) is 102 Å². The fraction of sp³-hybridized carbons (Fsp3) is 0.409. The minimum Gasteiger partial charge on any atom is -0.479 e. The average Bonchev–Trinajstić information content (AvgIpc) is 3.41. The third-order valence-corrected chi connectivity index (χ3v) is 5.99. The van der Waals surface area contributed by atoms with Gasteiger partial charge in [-0.1, -0.05) is 11.3 Å². The van der Waals surface area contributed by atoms with E-state index in [4.69, 9.17) is 4.74 Å². The number of halogens is 4. The van der Waals surface area contributed by atoms with E-state index in [1.807, 2.05) is 0 Å². The third-order valence-electron chi connectivity index (χ3n) is 5.99. The smallest absolute Gasteiger partial charge is 0.267 e. The summed E-state index contributed by atoms with van der Waals surface area (Å²) in [5.74, 6) is -3.24. The lowest BCUT2D eigenvalue weighted by molar-refractivity contribution is -0.139. The molecule has 1 aliphatic rings. The summed E-state index contributed by atoms with van der Waals surface area (Å²) in [5.41, 5.74) is 2.75. The molecule has 5 rings (SSSR count). The maximum atomic E-state index is 14.2. The summed E-state index contributed by atoms with van der Waals surface area (Å²) in [7, 11) is 1.42. The number of anilines is 1. The fourth-order valence-corrected chi connectivity index (χ4v) is 4.45. The van der Waals surface area contributed by atoms with Crippen LogP contribution in [0.3, 0.4) is 0 Å². The number of alkyl halides is 4. The van der Waals surface area contributed by atoms with Gasteiger partial charge in [-0.3, -0.25) is 4.79 Å². The molecule has 1 fully saturated rings. The Morgan fingerprint density at radius 1 is 1.31 bits per heavy atom. The highest BCUT2D eigenvalue weighted by molar-refractivity contribution is 5.89. The molecule has 0 aliphatic carbocycles. The number of nitrogens with zero attached hydrogens (tertiary/aromatic N) is 7. The van der Waals surface area contributed by atoms with E-state index in [0.29, 0.717) is 27.7 Å². The maximum Gasteiger partial charge on any atom is 0.267 e. The number of nitrogens with one attached hydrogen (secondary N) is 1. The zero-order valence-electron chi connectivity index (χ0n) is 19.3. The number of carbonyl (C=O) groups is 1. The second kappa shape index (κ2) is 8.91. The van der Waals surface area contributed by atoms with Gasteiger partial charge >= 0.3 is 0 Å². The number of aromatic nitrogens is 6. The number of rotatable bonds is 6. The molecule has 4 heterocycles. The number of likely N-dealkylation sites (tertiary alicyclic amines) is 1. The van der Waals surface area contributed by atoms with Crippen molar-refractivity contribution in [3.8, 4) is 17.0 Å². The minimum atomic E-state index is -3.04.